The molecule has 24 heavy (non-hydrogen) atoms. The summed E-state index contributed by atoms with van der Waals surface area (Å²) in [5.74, 6) is 0.261. The van der Waals surface area contributed by atoms with E-state index in [1.807, 2.05) is 43.3 Å². The highest BCUT2D eigenvalue weighted by atomic mass is 16.5. The predicted octanol–water partition coefficient (Wildman–Crippen LogP) is 2.24. The van der Waals surface area contributed by atoms with Gasteiger partial charge in [-0.2, -0.15) is 0 Å². The molecule has 1 aromatic heterocycles. The van der Waals surface area contributed by atoms with Crippen LogP contribution in [0.25, 0.3) is 0 Å². The first kappa shape index (κ1) is 17.7. The Bertz CT molecular complexity index is 641. The number of carbonyl (C=O) groups is 1. The van der Waals surface area contributed by atoms with Crippen LogP contribution >= 0.6 is 0 Å². The van der Waals surface area contributed by atoms with Crippen molar-refractivity contribution in [3.8, 4) is 0 Å². The van der Waals surface area contributed by atoms with Gasteiger partial charge in [-0.25, -0.2) is 9.97 Å². The number of benzene rings is 1. The van der Waals surface area contributed by atoms with Crippen LogP contribution in [0, 0.1) is 0 Å². The molecule has 0 unspecified atom stereocenters. The molecule has 2 rings (SSSR count). The van der Waals surface area contributed by atoms with Gasteiger partial charge >= 0.3 is 0 Å². The maximum absolute atomic E-state index is 12.2. The van der Waals surface area contributed by atoms with Crippen LogP contribution in [0.3, 0.4) is 0 Å². The second-order valence-corrected chi connectivity index (χ2v) is 5.46. The number of aromatic nitrogens is 2. The number of methoxy groups -OCH3 is 1. The molecular formula is C17H23N5O2. The van der Waals surface area contributed by atoms with Crippen LogP contribution in [0.2, 0.25) is 0 Å². The van der Waals surface area contributed by atoms with E-state index in [0.717, 1.165) is 24.3 Å². The molecule has 7 heteroatoms. The number of ether oxygens (including phenoxy) is 1. The van der Waals surface area contributed by atoms with Crippen LogP contribution in [0.15, 0.2) is 36.7 Å². The van der Waals surface area contributed by atoms with Gasteiger partial charge in [0, 0.05) is 58.1 Å². The summed E-state index contributed by atoms with van der Waals surface area (Å²) in [6.45, 7) is 1.40. The molecule has 0 aliphatic rings. The zero-order valence-corrected chi connectivity index (χ0v) is 14.2. The molecule has 0 saturated heterocycles. The Hall–Kier alpha value is -2.67. The van der Waals surface area contributed by atoms with E-state index in [0.29, 0.717) is 18.1 Å². The first-order valence-corrected chi connectivity index (χ1v) is 7.73. The Morgan fingerprint density at radius 2 is 1.83 bits per heavy atom. The average Bonchev–Trinajstić information content (AvgIpc) is 2.59. The van der Waals surface area contributed by atoms with Gasteiger partial charge in [0.05, 0.1) is 5.56 Å². The standard InChI is InChI=1S/C17H23N5O2/c1-22(2)15-7-5-14(6-8-15)21-16(23)13-11-19-17(20-12-13)18-9-4-10-24-3/h5-8,11-12H,4,9-10H2,1-3H3,(H,21,23)(H,18,19,20). The maximum Gasteiger partial charge on any atom is 0.258 e. The number of hydrogen-bond donors (Lipinski definition) is 2. The first-order valence-electron chi connectivity index (χ1n) is 7.73. The van der Waals surface area contributed by atoms with Crippen molar-refractivity contribution >= 4 is 23.2 Å². The van der Waals surface area contributed by atoms with Gasteiger partial charge in [-0.1, -0.05) is 0 Å². The lowest BCUT2D eigenvalue weighted by Gasteiger charge is -2.13. The fourth-order valence-electron chi connectivity index (χ4n) is 2.00. The van der Waals surface area contributed by atoms with E-state index in [4.69, 9.17) is 4.74 Å². The minimum atomic E-state index is -0.237. The molecule has 0 saturated carbocycles. The summed E-state index contributed by atoms with van der Waals surface area (Å²) in [4.78, 5) is 22.5. The number of rotatable bonds is 8. The van der Waals surface area contributed by atoms with Crippen molar-refractivity contribution in [1.29, 1.82) is 0 Å². The molecule has 1 aromatic carbocycles. The fraction of sp³-hybridized carbons (Fsp3) is 0.353. The highest BCUT2D eigenvalue weighted by Gasteiger charge is 2.08. The highest BCUT2D eigenvalue weighted by Crippen LogP contribution is 2.16. The van der Waals surface area contributed by atoms with E-state index >= 15 is 0 Å². The maximum atomic E-state index is 12.2. The van der Waals surface area contributed by atoms with Crippen molar-refractivity contribution < 1.29 is 9.53 Å². The quantitative estimate of drug-likeness (QED) is 0.723. The van der Waals surface area contributed by atoms with E-state index in [-0.39, 0.29) is 5.91 Å². The lowest BCUT2D eigenvalue weighted by molar-refractivity contribution is 0.102. The van der Waals surface area contributed by atoms with Gasteiger partial charge in [-0.15, -0.1) is 0 Å². The molecule has 0 aliphatic heterocycles. The minimum Gasteiger partial charge on any atom is -0.385 e. The molecule has 2 N–H and O–H groups in total. The second kappa shape index (κ2) is 8.83. The number of amides is 1. The van der Waals surface area contributed by atoms with Crippen molar-refractivity contribution in [1.82, 2.24) is 9.97 Å². The van der Waals surface area contributed by atoms with Crippen LogP contribution in [0.1, 0.15) is 16.8 Å². The summed E-state index contributed by atoms with van der Waals surface area (Å²) in [6.07, 6.45) is 3.88. The zero-order chi connectivity index (χ0) is 17.4. The van der Waals surface area contributed by atoms with Gasteiger partial charge < -0.3 is 20.3 Å². The van der Waals surface area contributed by atoms with Crippen molar-refractivity contribution in [2.45, 2.75) is 6.42 Å². The van der Waals surface area contributed by atoms with E-state index < -0.39 is 0 Å². The second-order valence-electron chi connectivity index (χ2n) is 5.46. The highest BCUT2D eigenvalue weighted by molar-refractivity contribution is 6.03. The number of nitrogens with one attached hydrogen (secondary N) is 2. The van der Waals surface area contributed by atoms with Gasteiger partial charge in [-0.05, 0) is 30.7 Å². The summed E-state index contributed by atoms with van der Waals surface area (Å²) < 4.78 is 4.97. The Morgan fingerprint density at radius 1 is 1.17 bits per heavy atom. The molecule has 0 radical (unpaired) electrons. The Morgan fingerprint density at radius 3 is 2.42 bits per heavy atom. The van der Waals surface area contributed by atoms with Crippen LogP contribution < -0.4 is 15.5 Å². The smallest absolute Gasteiger partial charge is 0.258 e. The molecule has 1 amide bonds. The molecular weight excluding hydrogens is 306 g/mol. The number of nitrogens with zero attached hydrogens (tertiary/aromatic N) is 3. The Labute approximate surface area is 142 Å². The van der Waals surface area contributed by atoms with Crippen molar-refractivity contribution in [3.05, 3.63) is 42.2 Å². The van der Waals surface area contributed by atoms with Crippen LogP contribution in [-0.2, 0) is 4.74 Å². The van der Waals surface area contributed by atoms with E-state index in [1.54, 1.807) is 7.11 Å². The molecule has 0 fully saturated rings. The predicted molar refractivity (Wildman–Crippen MR) is 95.7 cm³/mol. The molecule has 0 aliphatic carbocycles. The molecule has 0 spiro atoms. The monoisotopic (exact) mass is 329 g/mol. The Kier molecular flexibility index (Phi) is 6.51. The molecule has 0 bridgehead atoms. The third kappa shape index (κ3) is 5.20. The number of hydrogen-bond acceptors (Lipinski definition) is 6. The first-order chi connectivity index (χ1) is 11.6. The number of anilines is 3. The van der Waals surface area contributed by atoms with Gasteiger partial charge in [0.2, 0.25) is 5.95 Å². The van der Waals surface area contributed by atoms with Crippen LogP contribution in [0.5, 0.6) is 0 Å². The van der Waals surface area contributed by atoms with Gasteiger partial charge in [0.15, 0.2) is 0 Å². The summed E-state index contributed by atoms with van der Waals surface area (Å²) in [5, 5.41) is 5.90. The molecule has 2 aromatic rings. The van der Waals surface area contributed by atoms with Gasteiger partial charge in [-0.3, -0.25) is 4.79 Å². The summed E-state index contributed by atoms with van der Waals surface area (Å²) >= 11 is 0. The van der Waals surface area contributed by atoms with Gasteiger partial charge in [0.25, 0.3) is 5.91 Å². The third-order valence-electron chi connectivity index (χ3n) is 3.36. The molecule has 1 heterocycles. The topological polar surface area (TPSA) is 79.4 Å². The van der Waals surface area contributed by atoms with Gasteiger partial charge in [0.1, 0.15) is 0 Å². The largest absolute Gasteiger partial charge is 0.385 e. The summed E-state index contributed by atoms with van der Waals surface area (Å²) in [6, 6.07) is 7.61. The normalized spacial score (nSPS) is 10.3. The minimum absolute atomic E-state index is 0.237. The molecule has 128 valence electrons. The SMILES string of the molecule is COCCCNc1ncc(C(=O)Nc2ccc(N(C)C)cc2)cn1. The van der Waals surface area contributed by atoms with E-state index in [9.17, 15) is 4.79 Å². The summed E-state index contributed by atoms with van der Waals surface area (Å²) in [7, 11) is 5.60. The number of carbonyl (C=O) groups excluding carboxylic acids is 1. The van der Waals surface area contributed by atoms with Crippen molar-refractivity contribution in [2.75, 3.05) is 49.9 Å². The molecule has 7 nitrogen and oxygen atoms in total. The third-order valence-corrected chi connectivity index (χ3v) is 3.36. The fourth-order valence-corrected chi connectivity index (χ4v) is 2.00. The lowest BCUT2D eigenvalue weighted by atomic mass is 10.2. The van der Waals surface area contributed by atoms with Crippen molar-refractivity contribution in [3.63, 3.8) is 0 Å². The van der Waals surface area contributed by atoms with E-state index in [1.165, 1.54) is 12.4 Å². The Balaban J connectivity index is 1.90. The summed E-state index contributed by atoms with van der Waals surface area (Å²) in [5.41, 5.74) is 2.21. The average molecular weight is 329 g/mol. The van der Waals surface area contributed by atoms with Crippen molar-refractivity contribution in [2.24, 2.45) is 0 Å². The van der Waals surface area contributed by atoms with Crippen LogP contribution in [0.4, 0.5) is 17.3 Å². The zero-order valence-electron chi connectivity index (χ0n) is 14.2. The lowest BCUT2D eigenvalue weighted by Crippen LogP contribution is -2.14. The van der Waals surface area contributed by atoms with Crippen LogP contribution in [-0.4, -0.2) is 50.2 Å². The molecule has 0 atom stereocenters. The van der Waals surface area contributed by atoms with E-state index in [2.05, 4.69) is 20.6 Å².